The molecular formula is C27H24ClN3O4. The number of methoxy groups -OCH3 is 1. The van der Waals surface area contributed by atoms with E-state index in [2.05, 4.69) is 10.2 Å². The number of hydrogen-bond donors (Lipinski definition) is 2. The smallest absolute Gasteiger partial charge is 0.273 e. The number of amides is 1. The Morgan fingerprint density at radius 2 is 1.91 bits per heavy atom. The van der Waals surface area contributed by atoms with Crippen LogP contribution in [0.25, 0.3) is 11.3 Å². The number of hydrogen-bond acceptors (Lipinski definition) is 5. The van der Waals surface area contributed by atoms with E-state index in [1.54, 1.807) is 24.1 Å². The minimum Gasteiger partial charge on any atom is -0.507 e. The van der Waals surface area contributed by atoms with Crippen LogP contribution in [0.1, 0.15) is 33.2 Å². The third-order valence-corrected chi connectivity index (χ3v) is 6.27. The Balaban J connectivity index is 1.55. The molecule has 1 unspecified atom stereocenters. The molecule has 0 fully saturated rings. The molecule has 1 aliphatic heterocycles. The number of carbonyl (C=O) groups excluding carboxylic acids is 1. The molecule has 178 valence electrons. The molecule has 0 radical (unpaired) electrons. The Labute approximate surface area is 207 Å². The predicted molar refractivity (Wildman–Crippen MR) is 133 cm³/mol. The second-order valence-electron chi connectivity index (χ2n) is 8.26. The number of H-pyrrole nitrogens is 1. The van der Waals surface area contributed by atoms with Crippen molar-refractivity contribution in [2.24, 2.45) is 0 Å². The minimum atomic E-state index is -0.444. The van der Waals surface area contributed by atoms with E-state index < -0.39 is 6.04 Å². The molecule has 0 spiro atoms. The van der Waals surface area contributed by atoms with Gasteiger partial charge in [-0.15, -0.1) is 0 Å². The molecule has 1 aromatic heterocycles. The average molecular weight is 490 g/mol. The first-order valence-corrected chi connectivity index (χ1v) is 11.6. The lowest BCUT2D eigenvalue weighted by atomic mass is 9.95. The second kappa shape index (κ2) is 9.82. The van der Waals surface area contributed by atoms with Crippen molar-refractivity contribution < 1.29 is 19.4 Å². The van der Waals surface area contributed by atoms with Crippen molar-refractivity contribution in [1.29, 1.82) is 0 Å². The molecule has 2 heterocycles. The third kappa shape index (κ3) is 4.48. The summed E-state index contributed by atoms with van der Waals surface area (Å²) in [6.45, 7) is 1.19. The Morgan fingerprint density at radius 3 is 2.71 bits per heavy atom. The van der Waals surface area contributed by atoms with Crippen LogP contribution in [0.4, 0.5) is 0 Å². The highest BCUT2D eigenvalue weighted by molar-refractivity contribution is 6.31. The Hall–Kier alpha value is -3.81. The highest BCUT2D eigenvalue weighted by atomic mass is 35.5. The van der Waals surface area contributed by atoms with Crippen molar-refractivity contribution in [3.05, 3.63) is 100 Å². The number of aromatic nitrogens is 2. The van der Waals surface area contributed by atoms with E-state index >= 15 is 0 Å². The fraction of sp³-hybridized carbons (Fsp3) is 0.185. The first-order chi connectivity index (χ1) is 17.1. The van der Waals surface area contributed by atoms with Gasteiger partial charge in [0.05, 0.1) is 12.6 Å². The van der Waals surface area contributed by atoms with Crippen LogP contribution in [-0.2, 0) is 11.3 Å². The van der Waals surface area contributed by atoms with Gasteiger partial charge in [-0.3, -0.25) is 9.89 Å². The van der Waals surface area contributed by atoms with Gasteiger partial charge in [0.25, 0.3) is 5.91 Å². The van der Waals surface area contributed by atoms with Gasteiger partial charge < -0.3 is 19.5 Å². The highest BCUT2D eigenvalue weighted by Crippen LogP contribution is 2.45. The lowest BCUT2D eigenvalue weighted by molar-refractivity contribution is 0.0677. The van der Waals surface area contributed by atoms with Crippen LogP contribution < -0.4 is 4.74 Å². The van der Waals surface area contributed by atoms with Crippen LogP contribution in [0.15, 0.2) is 72.8 Å². The normalized spacial score (nSPS) is 14.9. The molecule has 5 rings (SSSR count). The fourth-order valence-electron chi connectivity index (χ4n) is 4.38. The predicted octanol–water partition coefficient (Wildman–Crippen LogP) is 5.21. The average Bonchev–Trinajstić information content (AvgIpc) is 3.42. The number of fused-ring (bicyclic) bond motifs is 1. The fourth-order valence-corrected chi connectivity index (χ4v) is 4.55. The maximum Gasteiger partial charge on any atom is 0.273 e. The Morgan fingerprint density at radius 1 is 1.09 bits per heavy atom. The van der Waals surface area contributed by atoms with Crippen LogP contribution in [0.2, 0.25) is 5.02 Å². The van der Waals surface area contributed by atoms with Crippen LogP contribution in [-0.4, -0.2) is 46.4 Å². The van der Waals surface area contributed by atoms with E-state index in [9.17, 15) is 9.90 Å². The van der Waals surface area contributed by atoms with Gasteiger partial charge in [0.2, 0.25) is 0 Å². The number of halogens is 1. The zero-order chi connectivity index (χ0) is 24.4. The van der Waals surface area contributed by atoms with Gasteiger partial charge in [0, 0.05) is 29.8 Å². The molecule has 8 heteroatoms. The lowest BCUT2D eigenvalue weighted by Crippen LogP contribution is -2.32. The maximum atomic E-state index is 13.4. The summed E-state index contributed by atoms with van der Waals surface area (Å²) in [4.78, 5) is 15.1. The number of phenols is 1. The van der Waals surface area contributed by atoms with Crippen molar-refractivity contribution in [3.63, 3.8) is 0 Å². The Bertz CT molecular complexity index is 1360. The standard InChI is InChI=1S/C27H24ClN3O4/c1-34-13-12-31-26(18-8-5-9-20(14-18)35-16-17-6-3-2-4-7-17)23-24(29-30-25(23)27(31)33)21-15-19(28)10-11-22(21)32/h2-11,14-15,26,32H,12-13,16H2,1H3,(H,29,30). The summed E-state index contributed by atoms with van der Waals surface area (Å²) in [7, 11) is 1.60. The van der Waals surface area contributed by atoms with E-state index in [0.29, 0.717) is 53.0 Å². The van der Waals surface area contributed by atoms with Crippen LogP contribution >= 0.6 is 11.6 Å². The van der Waals surface area contributed by atoms with Gasteiger partial charge in [0.15, 0.2) is 0 Å². The first kappa shape index (κ1) is 23.0. The van der Waals surface area contributed by atoms with Gasteiger partial charge >= 0.3 is 0 Å². The molecule has 0 aliphatic carbocycles. The van der Waals surface area contributed by atoms with Crippen LogP contribution in [0, 0.1) is 0 Å². The lowest BCUT2D eigenvalue weighted by Gasteiger charge is -2.26. The van der Waals surface area contributed by atoms with Crippen LogP contribution in [0.3, 0.4) is 0 Å². The molecule has 7 nitrogen and oxygen atoms in total. The summed E-state index contributed by atoms with van der Waals surface area (Å²) >= 11 is 6.21. The number of aromatic hydroxyl groups is 1. The molecular weight excluding hydrogens is 466 g/mol. The van der Waals surface area contributed by atoms with Gasteiger partial charge in [0.1, 0.15) is 29.5 Å². The Kier molecular flexibility index (Phi) is 6.44. The molecule has 1 amide bonds. The number of benzene rings is 3. The third-order valence-electron chi connectivity index (χ3n) is 6.04. The van der Waals surface area contributed by atoms with Crippen LogP contribution in [0.5, 0.6) is 11.5 Å². The van der Waals surface area contributed by atoms with E-state index in [1.165, 1.54) is 6.07 Å². The summed E-state index contributed by atoms with van der Waals surface area (Å²) in [6, 6.07) is 21.9. The van der Waals surface area contributed by atoms with Crippen molar-refractivity contribution in [2.75, 3.05) is 20.3 Å². The van der Waals surface area contributed by atoms with Crippen molar-refractivity contribution >= 4 is 17.5 Å². The highest BCUT2D eigenvalue weighted by Gasteiger charge is 2.42. The SMILES string of the molecule is COCCN1C(=O)c2[nH]nc(-c3cc(Cl)ccc3O)c2C1c1cccc(OCc2ccccc2)c1. The molecule has 3 aromatic carbocycles. The molecule has 0 bridgehead atoms. The summed E-state index contributed by atoms with van der Waals surface area (Å²) in [5, 5.41) is 18.3. The van der Waals surface area contributed by atoms with Crippen molar-refractivity contribution in [3.8, 4) is 22.8 Å². The van der Waals surface area contributed by atoms with E-state index in [-0.39, 0.29) is 11.7 Å². The number of nitrogens with one attached hydrogen (secondary N) is 1. The summed E-state index contributed by atoms with van der Waals surface area (Å²) in [6.07, 6.45) is 0. The van der Waals surface area contributed by atoms with E-state index in [1.807, 2.05) is 54.6 Å². The van der Waals surface area contributed by atoms with E-state index in [0.717, 1.165) is 11.1 Å². The van der Waals surface area contributed by atoms with Gasteiger partial charge in [-0.25, -0.2) is 0 Å². The van der Waals surface area contributed by atoms with Gasteiger partial charge in [-0.1, -0.05) is 54.1 Å². The van der Waals surface area contributed by atoms with Crippen molar-refractivity contribution in [2.45, 2.75) is 12.6 Å². The molecule has 0 saturated heterocycles. The van der Waals surface area contributed by atoms with E-state index in [4.69, 9.17) is 21.1 Å². The number of phenolic OH excluding ortho intramolecular Hbond substituents is 1. The molecule has 0 saturated carbocycles. The zero-order valence-electron chi connectivity index (χ0n) is 19.1. The van der Waals surface area contributed by atoms with Gasteiger partial charge in [-0.2, -0.15) is 5.10 Å². The second-order valence-corrected chi connectivity index (χ2v) is 8.70. The number of nitrogens with zero attached hydrogens (tertiary/aromatic N) is 2. The monoisotopic (exact) mass is 489 g/mol. The largest absolute Gasteiger partial charge is 0.507 e. The summed E-state index contributed by atoms with van der Waals surface area (Å²) in [5.74, 6) is 0.540. The molecule has 2 N–H and O–H groups in total. The number of ether oxygens (including phenoxy) is 2. The molecule has 4 aromatic rings. The zero-order valence-corrected chi connectivity index (χ0v) is 19.8. The molecule has 1 atom stereocenters. The number of rotatable bonds is 8. The molecule has 1 aliphatic rings. The maximum absolute atomic E-state index is 13.4. The topological polar surface area (TPSA) is 87.7 Å². The molecule has 35 heavy (non-hydrogen) atoms. The summed E-state index contributed by atoms with van der Waals surface area (Å²) in [5.41, 5.74) is 3.93. The van der Waals surface area contributed by atoms with Gasteiger partial charge in [-0.05, 0) is 41.5 Å². The quantitative estimate of drug-likeness (QED) is 0.355. The number of carbonyl (C=O) groups is 1. The first-order valence-electron chi connectivity index (χ1n) is 11.2. The summed E-state index contributed by atoms with van der Waals surface area (Å²) < 4.78 is 11.3. The van der Waals surface area contributed by atoms with Crippen molar-refractivity contribution in [1.82, 2.24) is 15.1 Å². The minimum absolute atomic E-state index is 0.0326. The number of aromatic amines is 1.